The highest BCUT2D eigenvalue weighted by molar-refractivity contribution is 5.89. The maximum absolute atomic E-state index is 13.5. The topological polar surface area (TPSA) is 97.3 Å². The maximum Gasteiger partial charge on any atom is 0.333 e. The van der Waals surface area contributed by atoms with Gasteiger partial charge in [-0.3, -0.25) is 0 Å². The molecule has 2 aromatic rings. The summed E-state index contributed by atoms with van der Waals surface area (Å²) in [5, 5.41) is 11.8. The number of carbonyl (C=O) groups excluding carboxylic acids is 1. The molecule has 0 aromatic heterocycles. The normalized spacial score (nSPS) is 11.7. The van der Waals surface area contributed by atoms with Crippen molar-refractivity contribution < 1.29 is 37.7 Å². The number of benzene rings is 2. The van der Waals surface area contributed by atoms with Crippen LogP contribution in [0.1, 0.15) is 38.7 Å². The summed E-state index contributed by atoms with van der Waals surface area (Å²) in [6, 6.07) is 9.65. The van der Waals surface area contributed by atoms with Gasteiger partial charge in [0, 0.05) is 37.9 Å². The highest BCUT2D eigenvalue weighted by Gasteiger charge is 2.18. The Hall–Kier alpha value is -3.24. The quantitative estimate of drug-likeness (QED) is 0.280. The predicted octanol–water partition coefficient (Wildman–Crippen LogP) is 5.12. The van der Waals surface area contributed by atoms with Crippen molar-refractivity contribution in [1.82, 2.24) is 4.90 Å². The van der Waals surface area contributed by atoms with Crippen LogP contribution in [0, 0.1) is 11.6 Å². The van der Waals surface area contributed by atoms with E-state index in [2.05, 4.69) is 12.2 Å². The summed E-state index contributed by atoms with van der Waals surface area (Å²) in [4.78, 5) is 25.6. The molecule has 0 aliphatic rings. The molecule has 2 amide bonds. The number of carboxylic acids is 1. The number of hydrogen-bond donors (Lipinski definition) is 2. The van der Waals surface area contributed by atoms with Crippen LogP contribution < -0.4 is 10.1 Å². The summed E-state index contributed by atoms with van der Waals surface area (Å²) in [6.07, 6.45) is 2.41. The lowest BCUT2D eigenvalue weighted by Gasteiger charge is -2.23. The van der Waals surface area contributed by atoms with Gasteiger partial charge in [-0.2, -0.15) is 0 Å². The van der Waals surface area contributed by atoms with Gasteiger partial charge >= 0.3 is 12.0 Å². The molecule has 10 heteroatoms. The number of urea groups is 1. The van der Waals surface area contributed by atoms with E-state index in [9.17, 15) is 23.5 Å². The van der Waals surface area contributed by atoms with Crippen LogP contribution in [-0.2, 0) is 20.7 Å². The SMILES string of the molecule is CCCCCOCCN(CCOc1ccc(CC(OCC)C(=O)O)cc1)C(=O)Nc1ccc(F)c(F)c1. The molecule has 0 aliphatic carbocycles. The largest absolute Gasteiger partial charge is 0.492 e. The zero-order valence-electron chi connectivity index (χ0n) is 21.4. The molecule has 1 atom stereocenters. The van der Waals surface area contributed by atoms with Crippen LogP contribution in [0.3, 0.4) is 0 Å². The van der Waals surface area contributed by atoms with E-state index >= 15 is 0 Å². The van der Waals surface area contributed by atoms with Gasteiger partial charge in [0.15, 0.2) is 17.7 Å². The third-order valence-electron chi connectivity index (χ3n) is 5.47. The van der Waals surface area contributed by atoms with Crippen LogP contribution >= 0.6 is 0 Å². The number of halogens is 2. The molecule has 0 bridgehead atoms. The van der Waals surface area contributed by atoms with E-state index in [4.69, 9.17) is 14.2 Å². The molecular weight excluding hydrogens is 486 g/mol. The number of ether oxygens (including phenoxy) is 3. The molecule has 37 heavy (non-hydrogen) atoms. The van der Waals surface area contributed by atoms with Gasteiger partial charge in [0.1, 0.15) is 12.4 Å². The fraction of sp³-hybridized carbons (Fsp3) is 0.481. The molecular formula is C27H36F2N2O6. The Balaban J connectivity index is 1.92. The van der Waals surface area contributed by atoms with Crippen molar-refractivity contribution in [3.63, 3.8) is 0 Å². The zero-order chi connectivity index (χ0) is 27.0. The van der Waals surface area contributed by atoms with Gasteiger partial charge in [-0.15, -0.1) is 0 Å². The van der Waals surface area contributed by atoms with Crippen molar-refractivity contribution in [3.8, 4) is 5.75 Å². The molecule has 8 nitrogen and oxygen atoms in total. The molecule has 2 N–H and O–H groups in total. The van der Waals surface area contributed by atoms with Crippen molar-refractivity contribution in [3.05, 3.63) is 59.7 Å². The van der Waals surface area contributed by atoms with E-state index in [1.54, 1.807) is 31.2 Å². The highest BCUT2D eigenvalue weighted by Crippen LogP contribution is 2.16. The van der Waals surface area contributed by atoms with Gasteiger partial charge in [0.05, 0.1) is 13.2 Å². The lowest BCUT2D eigenvalue weighted by molar-refractivity contribution is -0.149. The van der Waals surface area contributed by atoms with Crippen LogP contribution in [0.5, 0.6) is 5.75 Å². The first-order valence-electron chi connectivity index (χ1n) is 12.5. The summed E-state index contributed by atoms with van der Waals surface area (Å²) in [7, 11) is 0. The number of amides is 2. The number of carboxylic acid groups (broad SMARTS) is 1. The van der Waals surface area contributed by atoms with Crippen LogP contribution in [0.2, 0.25) is 0 Å². The molecule has 2 rings (SSSR count). The molecule has 0 fully saturated rings. The first-order valence-corrected chi connectivity index (χ1v) is 12.5. The second-order valence-electron chi connectivity index (χ2n) is 8.34. The third-order valence-corrected chi connectivity index (χ3v) is 5.47. The Bertz CT molecular complexity index is 974. The van der Waals surface area contributed by atoms with Gasteiger partial charge < -0.3 is 29.5 Å². The Morgan fingerprint density at radius 3 is 2.35 bits per heavy atom. The molecule has 0 saturated carbocycles. The lowest BCUT2D eigenvalue weighted by atomic mass is 10.1. The monoisotopic (exact) mass is 522 g/mol. The highest BCUT2D eigenvalue weighted by atomic mass is 19.2. The summed E-state index contributed by atoms with van der Waals surface area (Å²) < 4.78 is 43.4. The van der Waals surface area contributed by atoms with Gasteiger partial charge in [-0.25, -0.2) is 18.4 Å². The molecule has 0 aliphatic heterocycles. The minimum Gasteiger partial charge on any atom is -0.492 e. The molecule has 2 aromatic carbocycles. The molecule has 204 valence electrons. The second kappa shape index (κ2) is 16.5. The molecule has 0 heterocycles. The minimum absolute atomic E-state index is 0.140. The maximum atomic E-state index is 13.5. The van der Waals surface area contributed by atoms with Gasteiger partial charge in [0.2, 0.25) is 0 Å². The summed E-state index contributed by atoms with van der Waals surface area (Å²) in [5.74, 6) is -2.50. The molecule has 0 spiro atoms. The summed E-state index contributed by atoms with van der Waals surface area (Å²) >= 11 is 0. The fourth-order valence-corrected chi connectivity index (χ4v) is 3.45. The molecule has 1 unspecified atom stereocenters. The predicted molar refractivity (Wildman–Crippen MR) is 136 cm³/mol. The third kappa shape index (κ3) is 11.1. The number of nitrogens with one attached hydrogen (secondary N) is 1. The van der Waals surface area contributed by atoms with Crippen LogP contribution in [-0.4, -0.2) is 67.6 Å². The van der Waals surface area contributed by atoms with Gasteiger partial charge in [-0.05, 0) is 43.2 Å². The number of rotatable bonds is 17. The first-order chi connectivity index (χ1) is 17.8. The standard InChI is InChI=1S/C27H36F2N2O6/c1-3-5-6-15-35-16-13-31(27(34)30-21-9-12-23(28)24(29)19-21)14-17-37-22-10-7-20(8-11-22)18-25(26(32)33)36-4-2/h7-12,19,25H,3-6,13-18H2,1-2H3,(H,30,34)(H,32,33). The summed E-state index contributed by atoms with van der Waals surface area (Å²) in [6.45, 7) is 5.77. The second-order valence-corrected chi connectivity index (χ2v) is 8.34. The molecule has 0 radical (unpaired) electrons. The zero-order valence-corrected chi connectivity index (χ0v) is 21.4. The average molecular weight is 523 g/mol. The van der Waals surface area contributed by atoms with E-state index < -0.39 is 29.7 Å². The van der Waals surface area contributed by atoms with Crippen molar-refractivity contribution in [2.45, 2.75) is 45.6 Å². The Labute approximate surface area is 216 Å². The van der Waals surface area contributed by atoms with Gasteiger partial charge in [0.25, 0.3) is 0 Å². The number of nitrogens with zero attached hydrogens (tertiary/aromatic N) is 1. The first kappa shape index (κ1) is 30.0. The van der Waals surface area contributed by atoms with Crippen LogP contribution in [0.4, 0.5) is 19.3 Å². The fourth-order valence-electron chi connectivity index (χ4n) is 3.45. The number of aliphatic carboxylic acids is 1. The van der Waals surface area contributed by atoms with E-state index in [1.807, 2.05) is 0 Å². The van der Waals surface area contributed by atoms with E-state index in [0.717, 1.165) is 37.0 Å². The van der Waals surface area contributed by atoms with E-state index in [-0.39, 0.29) is 31.8 Å². The average Bonchev–Trinajstić information content (AvgIpc) is 2.87. The smallest absolute Gasteiger partial charge is 0.333 e. The Morgan fingerprint density at radius 1 is 0.973 bits per heavy atom. The van der Waals surface area contributed by atoms with Crippen molar-refractivity contribution in [2.75, 3.05) is 44.8 Å². The van der Waals surface area contributed by atoms with Crippen molar-refractivity contribution >= 4 is 17.7 Å². The molecule has 0 saturated heterocycles. The summed E-state index contributed by atoms with van der Waals surface area (Å²) in [5.41, 5.74) is 0.932. The number of unbranched alkanes of at least 4 members (excludes halogenated alkanes) is 2. The van der Waals surface area contributed by atoms with E-state index in [1.165, 1.54) is 11.0 Å². The van der Waals surface area contributed by atoms with E-state index in [0.29, 0.717) is 25.6 Å². The minimum atomic E-state index is -1.05. The van der Waals surface area contributed by atoms with Crippen molar-refractivity contribution in [2.24, 2.45) is 0 Å². The van der Waals surface area contributed by atoms with Crippen LogP contribution in [0.15, 0.2) is 42.5 Å². The van der Waals surface area contributed by atoms with Crippen LogP contribution in [0.25, 0.3) is 0 Å². The Morgan fingerprint density at radius 2 is 1.70 bits per heavy atom. The lowest BCUT2D eigenvalue weighted by Crippen LogP contribution is -2.40. The van der Waals surface area contributed by atoms with Gasteiger partial charge in [-0.1, -0.05) is 31.9 Å². The number of hydrogen-bond acceptors (Lipinski definition) is 5. The van der Waals surface area contributed by atoms with Crippen molar-refractivity contribution in [1.29, 1.82) is 0 Å². The number of carbonyl (C=O) groups is 2. The Kier molecular flexibility index (Phi) is 13.4. The number of anilines is 1.